The third-order valence-corrected chi connectivity index (χ3v) is 3.36. The zero-order valence-electron chi connectivity index (χ0n) is 9.01. The molecular formula is C11H11ClO4S. The van der Waals surface area contributed by atoms with Gasteiger partial charge in [0, 0.05) is 15.2 Å². The fraction of sp³-hybridized carbons (Fsp3) is 0.273. The Bertz CT molecular complexity index is 447. The Labute approximate surface area is 108 Å². The number of aromatic carboxylic acids is 1. The smallest absolute Gasteiger partial charge is 0.336 e. The van der Waals surface area contributed by atoms with E-state index in [0.29, 0.717) is 9.92 Å². The van der Waals surface area contributed by atoms with Crippen LogP contribution in [0.15, 0.2) is 23.1 Å². The minimum atomic E-state index is -1.05. The molecule has 0 heterocycles. The van der Waals surface area contributed by atoms with E-state index in [4.69, 9.17) is 21.8 Å². The van der Waals surface area contributed by atoms with Crippen molar-refractivity contribution in [3.8, 4) is 0 Å². The van der Waals surface area contributed by atoms with E-state index >= 15 is 0 Å². The van der Waals surface area contributed by atoms with Gasteiger partial charge in [0.25, 0.3) is 0 Å². The number of hydrogen-bond acceptors (Lipinski definition) is 3. The molecule has 17 heavy (non-hydrogen) atoms. The van der Waals surface area contributed by atoms with Crippen molar-refractivity contribution in [1.29, 1.82) is 0 Å². The van der Waals surface area contributed by atoms with Gasteiger partial charge in [-0.05, 0) is 18.2 Å². The van der Waals surface area contributed by atoms with E-state index in [9.17, 15) is 9.59 Å². The summed E-state index contributed by atoms with van der Waals surface area (Å²) in [5.41, 5.74) is 0.136. The third-order valence-electron chi connectivity index (χ3n) is 1.96. The summed E-state index contributed by atoms with van der Waals surface area (Å²) in [6.07, 6.45) is -0.0315. The molecule has 1 atom stereocenters. The number of carbonyl (C=O) groups is 2. The van der Waals surface area contributed by atoms with Gasteiger partial charge in [0.15, 0.2) is 0 Å². The summed E-state index contributed by atoms with van der Waals surface area (Å²) in [7, 11) is 0. The van der Waals surface area contributed by atoms with Crippen molar-refractivity contribution in [3.05, 3.63) is 28.8 Å². The number of benzene rings is 1. The number of halogens is 1. The Morgan fingerprint density at radius 2 is 2.06 bits per heavy atom. The Kier molecular flexibility index (Phi) is 4.84. The molecule has 6 heteroatoms. The normalized spacial score (nSPS) is 12.1. The minimum Gasteiger partial charge on any atom is -0.481 e. The molecule has 0 aliphatic heterocycles. The monoisotopic (exact) mass is 274 g/mol. The first kappa shape index (κ1) is 13.9. The van der Waals surface area contributed by atoms with E-state index in [0.717, 1.165) is 0 Å². The molecule has 0 aliphatic rings. The first-order valence-corrected chi connectivity index (χ1v) is 6.07. The van der Waals surface area contributed by atoms with Crippen molar-refractivity contribution in [2.75, 3.05) is 0 Å². The van der Waals surface area contributed by atoms with Crippen LogP contribution in [0.4, 0.5) is 0 Å². The zero-order valence-corrected chi connectivity index (χ0v) is 10.6. The molecule has 92 valence electrons. The number of carboxylic acid groups (broad SMARTS) is 2. The standard InChI is InChI=1S/C11H11ClO4S/c1-6(4-10(13)14)17-9-5-7(12)2-3-8(9)11(15)16/h2-3,5-6H,4H2,1H3,(H,13,14)(H,15,16). The van der Waals surface area contributed by atoms with E-state index in [-0.39, 0.29) is 17.2 Å². The van der Waals surface area contributed by atoms with Crippen LogP contribution in [0.25, 0.3) is 0 Å². The highest BCUT2D eigenvalue weighted by Crippen LogP contribution is 2.30. The van der Waals surface area contributed by atoms with E-state index in [2.05, 4.69) is 0 Å². The highest BCUT2D eigenvalue weighted by atomic mass is 35.5. The van der Waals surface area contributed by atoms with Crippen molar-refractivity contribution in [1.82, 2.24) is 0 Å². The lowest BCUT2D eigenvalue weighted by atomic mass is 10.2. The second kappa shape index (κ2) is 5.93. The molecule has 0 spiro atoms. The average Bonchev–Trinajstić information content (AvgIpc) is 2.15. The van der Waals surface area contributed by atoms with Crippen molar-refractivity contribution < 1.29 is 19.8 Å². The average molecular weight is 275 g/mol. The molecule has 2 N–H and O–H groups in total. The number of carboxylic acids is 2. The number of thioether (sulfide) groups is 1. The molecule has 0 amide bonds. The van der Waals surface area contributed by atoms with Gasteiger partial charge in [0.1, 0.15) is 0 Å². The molecule has 0 aliphatic carbocycles. The first-order chi connectivity index (χ1) is 7.90. The largest absolute Gasteiger partial charge is 0.481 e. The van der Waals surface area contributed by atoms with Crippen LogP contribution >= 0.6 is 23.4 Å². The molecule has 1 aromatic carbocycles. The fourth-order valence-electron chi connectivity index (χ4n) is 1.27. The fourth-order valence-corrected chi connectivity index (χ4v) is 2.65. The number of aliphatic carboxylic acids is 1. The minimum absolute atomic E-state index is 0.0315. The summed E-state index contributed by atoms with van der Waals surface area (Å²) < 4.78 is 0. The summed E-state index contributed by atoms with van der Waals surface area (Å²) in [5, 5.41) is 17.8. The molecule has 0 radical (unpaired) electrons. The maximum Gasteiger partial charge on any atom is 0.336 e. The molecular weight excluding hydrogens is 264 g/mol. The molecule has 0 aromatic heterocycles. The van der Waals surface area contributed by atoms with E-state index in [1.165, 1.54) is 30.0 Å². The van der Waals surface area contributed by atoms with Gasteiger partial charge in [-0.15, -0.1) is 11.8 Å². The van der Waals surface area contributed by atoms with Crippen molar-refractivity contribution in [2.45, 2.75) is 23.5 Å². The Balaban J connectivity index is 2.92. The van der Waals surface area contributed by atoms with Crippen LogP contribution in [0, 0.1) is 0 Å². The van der Waals surface area contributed by atoms with E-state index in [1.807, 2.05) is 0 Å². The lowest BCUT2D eigenvalue weighted by molar-refractivity contribution is -0.136. The van der Waals surface area contributed by atoms with Gasteiger partial charge in [-0.1, -0.05) is 18.5 Å². The number of rotatable bonds is 5. The predicted molar refractivity (Wildman–Crippen MR) is 66.0 cm³/mol. The third kappa shape index (κ3) is 4.28. The molecule has 0 fully saturated rings. The molecule has 0 saturated carbocycles. The molecule has 0 bridgehead atoms. The quantitative estimate of drug-likeness (QED) is 0.808. The second-order valence-corrected chi connectivity index (χ2v) is 5.39. The maximum atomic E-state index is 11.0. The molecule has 1 rings (SSSR count). The van der Waals surface area contributed by atoms with Crippen LogP contribution < -0.4 is 0 Å². The van der Waals surface area contributed by atoms with Crippen molar-refractivity contribution in [2.24, 2.45) is 0 Å². The molecule has 0 saturated heterocycles. The van der Waals surface area contributed by atoms with Crippen LogP contribution in [0.1, 0.15) is 23.7 Å². The van der Waals surface area contributed by atoms with Gasteiger partial charge in [0.2, 0.25) is 0 Å². The van der Waals surface area contributed by atoms with E-state index < -0.39 is 11.9 Å². The van der Waals surface area contributed by atoms with E-state index in [1.54, 1.807) is 6.92 Å². The van der Waals surface area contributed by atoms with Crippen LogP contribution in [0.3, 0.4) is 0 Å². The van der Waals surface area contributed by atoms with Crippen LogP contribution in [0.2, 0.25) is 5.02 Å². The predicted octanol–water partition coefficient (Wildman–Crippen LogP) is 2.99. The van der Waals surface area contributed by atoms with Crippen molar-refractivity contribution >= 4 is 35.3 Å². The van der Waals surface area contributed by atoms with Crippen LogP contribution in [0.5, 0.6) is 0 Å². The van der Waals surface area contributed by atoms with Gasteiger partial charge in [-0.25, -0.2) is 4.79 Å². The summed E-state index contributed by atoms with van der Waals surface area (Å²) in [5.74, 6) is -1.96. The number of hydrogen-bond donors (Lipinski definition) is 2. The topological polar surface area (TPSA) is 74.6 Å². The molecule has 1 unspecified atom stereocenters. The SMILES string of the molecule is CC(CC(=O)O)Sc1cc(Cl)ccc1C(=O)O. The Hall–Kier alpha value is -1.20. The second-order valence-electron chi connectivity index (χ2n) is 3.47. The zero-order chi connectivity index (χ0) is 13.0. The van der Waals surface area contributed by atoms with Gasteiger partial charge < -0.3 is 10.2 Å². The summed E-state index contributed by atoms with van der Waals surface area (Å²) >= 11 is 6.98. The summed E-state index contributed by atoms with van der Waals surface area (Å²) in [4.78, 5) is 22.0. The Morgan fingerprint density at radius 1 is 1.41 bits per heavy atom. The van der Waals surface area contributed by atoms with Gasteiger partial charge in [0.05, 0.1) is 12.0 Å². The lowest BCUT2D eigenvalue weighted by Crippen LogP contribution is -2.07. The van der Waals surface area contributed by atoms with Crippen LogP contribution in [-0.2, 0) is 4.79 Å². The maximum absolute atomic E-state index is 11.0. The highest BCUT2D eigenvalue weighted by Gasteiger charge is 2.15. The molecule has 4 nitrogen and oxygen atoms in total. The summed E-state index contributed by atoms with van der Waals surface area (Å²) in [6, 6.07) is 4.45. The van der Waals surface area contributed by atoms with Crippen molar-refractivity contribution in [3.63, 3.8) is 0 Å². The van der Waals surface area contributed by atoms with Gasteiger partial charge in [-0.2, -0.15) is 0 Å². The lowest BCUT2D eigenvalue weighted by Gasteiger charge is -2.11. The highest BCUT2D eigenvalue weighted by molar-refractivity contribution is 8.00. The summed E-state index contributed by atoms with van der Waals surface area (Å²) in [6.45, 7) is 1.73. The first-order valence-electron chi connectivity index (χ1n) is 4.81. The molecule has 1 aromatic rings. The van der Waals surface area contributed by atoms with Gasteiger partial charge >= 0.3 is 11.9 Å². The Morgan fingerprint density at radius 3 is 2.59 bits per heavy atom. The van der Waals surface area contributed by atoms with Crippen LogP contribution in [-0.4, -0.2) is 27.4 Å². The van der Waals surface area contributed by atoms with Gasteiger partial charge in [-0.3, -0.25) is 4.79 Å².